The fourth-order valence-electron chi connectivity index (χ4n) is 2.89. The van der Waals surface area contributed by atoms with E-state index in [9.17, 15) is 4.79 Å². The van der Waals surface area contributed by atoms with Crippen molar-refractivity contribution in [1.29, 1.82) is 0 Å². The number of rotatable bonds is 6. The molecule has 1 N–H and O–H groups in total. The van der Waals surface area contributed by atoms with Crippen LogP contribution in [0.4, 0.5) is 0 Å². The van der Waals surface area contributed by atoms with Gasteiger partial charge >= 0.3 is 0 Å². The van der Waals surface area contributed by atoms with E-state index >= 15 is 0 Å². The zero-order valence-electron chi connectivity index (χ0n) is 13.8. The normalized spacial score (nSPS) is 17.2. The first-order valence-electron chi connectivity index (χ1n) is 8.17. The largest absolute Gasteiger partial charge is 0.497 e. The maximum Gasteiger partial charge on any atom is 0.223 e. The van der Waals surface area contributed by atoms with Crippen LogP contribution >= 0.6 is 0 Å². The number of carbonyl (C=O) groups excluding carboxylic acids is 1. The molecule has 1 amide bonds. The SMILES string of the molecule is COc1ccc(-c2cnc(CCC(=O)N3CCC(CO)C3)o2)cc1. The van der Waals surface area contributed by atoms with Crippen LogP contribution in [-0.2, 0) is 11.2 Å². The van der Waals surface area contributed by atoms with Crippen LogP contribution in [0, 0.1) is 5.92 Å². The lowest BCUT2D eigenvalue weighted by molar-refractivity contribution is -0.130. The monoisotopic (exact) mass is 330 g/mol. The molecule has 0 spiro atoms. The zero-order chi connectivity index (χ0) is 16.9. The van der Waals surface area contributed by atoms with Crippen molar-refractivity contribution in [1.82, 2.24) is 9.88 Å². The molecule has 0 aliphatic carbocycles. The minimum atomic E-state index is 0.0927. The molecular weight excluding hydrogens is 308 g/mol. The van der Waals surface area contributed by atoms with Gasteiger partial charge in [-0.15, -0.1) is 0 Å². The van der Waals surface area contributed by atoms with E-state index in [1.165, 1.54) is 0 Å². The Hall–Kier alpha value is -2.34. The van der Waals surface area contributed by atoms with Crippen LogP contribution in [0.25, 0.3) is 11.3 Å². The number of aryl methyl sites for hydroxylation is 1. The molecular formula is C18H22N2O4. The molecule has 6 nitrogen and oxygen atoms in total. The fourth-order valence-corrected chi connectivity index (χ4v) is 2.89. The summed E-state index contributed by atoms with van der Waals surface area (Å²) in [5.41, 5.74) is 0.922. The second kappa shape index (κ2) is 7.49. The van der Waals surface area contributed by atoms with E-state index in [-0.39, 0.29) is 18.4 Å². The summed E-state index contributed by atoms with van der Waals surface area (Å²) in [5, 5.41) is 9.15. The van der Waals surface area contributed by atoms with Crippen molar-refractivity contribution in [3.63, 3.8) is 0 Å². The molecule has 6 heteroatoms. The standard InChI is InChI=1S/C18H22N2O4/c1-23-15-4-2-14(3-5-15)16-10-19-17(24-16)6-7-18(22)20-9-8-13(11-20)12-21/h2-5,10,13,21H,6-9,11-12H2,1H3. The van der Waals surface area contributed by atoms with Crippen LogP contribution in [0.2, 0.25) is 0 Å². The van der Waals surface area contributed by atoms with E-state index in [0.717, 1.165) is 24.3 Å². The van der Waals surface area contributed by atoms with Crippen molar-refractivity contribution in [2.75, 3.05) is 26.8 Å². The van der Waals surface area contributed by atoms with Gasteiger partial charge in [-0.05, 0) is 30.7 Å². The molecule has 3 rings (SSSR count). The number of benzene rings is 1. The lowest BCUT2D eigenvalue weighted by Crippen LogP contribution is -2.29. The van der Waals surface area contributed by atoms with Gasteiger partial charge in [-0.1, -0.05) is 0 Å². The third-order valence-electron chi connectivity index (χ3n) is 4.38. The first-order valence-corrected chi connectivity index (χ1v) is 8.17. The van der Waals surface area contributed by atoms with Crippen molar-refractivity contribution in [2.24, 2.45) is 5.92 Å². The summed E-state index contributed by atoms with van der Waals surface area (Å²) in [6.45, 7) is 1.53. The fraction of sp³-hybridized carbons (Fsp3) is 0.444. The third-order valence-corrected chi connectivity index (χ3v) is 4.38. The number of aromatic nitrogens is 1. The van der Waals surface area contributed by atoms with Crippen LogP contribution < -0.4 is 4.74 Å². The Morgan fingerprint density at radius 1 is 1.42 bits per heavy atom. The number of likely N-dealkylation sites (tertiary alicyclic amines) is 1. The summed E-state index contributed by atoms with van der Waals surface area (Å²) in [4.78, 5) is 18.3. The molecule has 2 heterocycles. The van der Waals surface area contributed by atoms with E-state index in [1.54, 1.807) is 13.3 Å². The topological polar surface area (TPSA) is 75.8 Å². The van der Waals surface area contributed by atoms with Gasteiger partial charge in [-0.3, -0.25) is 4.79 Å². The van der Waals surface area contributed by atoms with E-state index in [0.29, 0.717) is 31.0 Å². The quantitative estimate of drug-likeness (QED) is 0.878. The van der Waals surface area contributed by atoms with Gasteiger partial charge in [0.05, 0.1) is 13.3 Å². The Morgan fingerprint density at radius 2 is 2.21 bits per heavy atom. The van der Waals surface area contributed by atoms with Gasteiger partial charge in [0.25, 0.3) is 0 Å². The predicted octanol–water partition coefficient (Wildman–Crippen LogP) is 2.12. The average molecular weight is 330 g/mol. The molecule has 1 fully saturated rings. The van der Waals surface area contributed by atoms with E-state index in [4.69, 9.17) is 14.3 Å². The maximum absolute atomic E-state index is 12.2. The minimum absolute atomic E-state index is 0.0927. The molecule has 24 heavy (non-hydrogen) atoms. The van der Waals surface area contributed by atoms with Crippen LogP contribution in [0.15, 0.2) is 34.9 Å². The Kier molecular flexibility index (Phi) is 5.15. The summed E-state index contributed by atoms with van der Waals surface area (Å²) in [6.07, 6.45) is 3.41. The second-order valence-corrected chi connectivity index (χ2v) is 6.02. The Balaban J connectivity index is 1.55. The van der Waals surface area contributed by atoms with Crippen LogP contribution in [0.1, 0.15) is 18.7 Å². The van der Waals surface area contributed by atoms with E-state index < -0.39 is 0 Å². The number of nitrogens with zero attached hydrogens (tertiary/aromatic N) is 2. The van der Waals surface area contributed by atoms with Gasteiger partial charge in [0, 0.05) is 44.0 Å². The molecule has 0 bridgehead atoms. The van der Waals surface area contributed by atoms with Crippen LogP contribution in [0.5, 0.6) is 5.75 Å². The lowest BCUT2D eigenvalue weighted by Gasteiger charge is -2.15. The number of aliphatic hydroxyl groups is 1. The van der Waals surface area contributed by atoms with Crippen LogP contribution in [-0.4, -0.2) is 47.7 Å². The molecule has 1 aromatic carbocycles. The third kappa shape index (κ3) is 3.76. The van der Waals surface area contributed by atoms with E-state index in [2.05, 4.69) is 4.98 Å². The summed E-state index contributed by atoms with van der Waals surface area (Å²) in [7, 11) is 1.63. The number of aliphatic hydroxyl groups excluding tert-OH is 1. The lowest BCUT2D eigenvalue weighted by atomic mass is 10.1. The highest BCUT2D eigenvalue weighted by Crippen LogP contribution is 2.24. The van der Waals surface area contributed by atoms with Crippen molar-refractivity contribution >= 4 is 5.91 Å². The number of amides is 1. The molecule has 1 aliphatic heterocycles. The van der Waals surface area contributed by atoms with Gasteiger partial charge < -0.3 is 19.2 Å². The highest BCUT2D eigenvalue weighted by Gasteiger charge is 2.25. The highest BCUT2D eigenvalue weighted by molar-refractivity contribution is 5.76. The zero-order valence-corrected chi connectivity index (χ0v) is 13.8. The summed E-state index contributed by atoms with van der Waals surface area (Å²) in [5.74, 6) is 2.34. The van der Waals surface area contributed by atoms with Gasteiger partial charge in [0.1, 0.15) is 5.75 Å². The number of hydrogen-bond donors (Lipinski definition) is 1. The number of ether oxygens (including phenoxy) is 1. The van der Waals surface area contributed by atoms with Gasteiger partial charge in [0.2, 0.25) is 5.91 Å². The molecule has 2 aromatic rings. The molecule has 1 saturated heterocycles. The summed E-state index contributed by atoms with van der Waals surface area (Å²) < 4.78 is 10.9. The van der Waals surface area contributed by atoms with Crippen molar-refractivity contribution in [2.45, 2.75) is 19.3 Å². The van der Waals surface area contributed by atoms with Crippen molar-refractivity contribution in [3.8, 4) is 17.1 Å². The molecule has 0 radical (unpaired) electrons. The smallest absolute Gasteiger partial charge is 0.223 e. The van der Waals surface area contributed by atoms with Gasteiger partial charge in [0.15, 0.2) is 11.7 Å². The molecule has 1 aromatic heterocycles. The molecule has 1 aliphatic rings. The minimum Gasteiger partial charge on any atom is -0.497 e. The second-order valence-electron chi connectivity index (χ2n) is 6.02. The molecule has 1 atom stereocenters. The number of carbonyl (C=O) groups is 1. The number of oxazole rings is 1. The van der Waals surface area contributed by atoms with Crippen LogP contribution in [0.3, 0.4) is 0 Å². The molecule has 0 saturated carbocycles. The van der Waals surface area contributed by atoms with Gasteiger partial charge in [-0.2, -0.15) is 0 Å². The molecule has 128 valence electrons. The predicted molar refractivity (Wildman–Crippen MR) is 88.6 cm³/mol. The maximum atomic E-state index is 12.2. The first kappa shape index (κ1) is 16.5. The van der Waals surface area contributed by atoms with E-state index in [1.807, 2.05) is 29.2 Å². The number of methoxy groups -OCH3 is 1. The first-order chi connectivity index (χ1) is 11.7. The molecule has 1 unspecified atom stereocenters. The Bertz CT molecular complexity index is 681. The summed E-state index contributed by atoms with van der Waals surface area (Å²) in [6, 6.07) is 7.55. The number of hydrogen-bond acceptors (Lipinski definition) is 5. The summed E-state index contributed by atoms with van der Waals surface area (Å²) >= 11 is 0. The average Bonchev–Trinajstić information content (AvgIpc) is 3.29. The Morgan fingerprint density at radius 3 is 2.88 bits per heavy atom. The van der Waals surface area contributed by atoms with Crippen molar-refractivity contribution < 1.29 is 19.1 Å². The van der Waals surface area contributed by atoms with Crippen molar-refractivity contribution in [3.05, 3.63) is 36.4 Å². The van der Waals surface area contributed by atoms with Gasteiger partial charge in [-0.25, -0.2) is 4.98 Å². The Labute approximate surface area is 141 Å². The highest BCUT2D eigenvalue weighted by atomic mass is 16.5.